The van der Waals surface area contributed by atoms with E-state index in [2.05, 4.69) is 26.6 Å². The highest BCUT2D eigenvalue weighted by molar-refractivity contribution is 6.12. The number of amides is 8. The minimum Gasteiger partial charge on any atom is -0.481 e. The van der Waals surface area contributed by atoms with Crippen molar-refractivity contribution in [2.24, 2.45) is 11.7 Å². The summed E-state index contributed by atoms with van der Waals surface area (Å²) in [4.78, 5) is 113. The van der Waals surface area contributed by atoms with Crippen LogP contribution in [0.1, 0.15) is 81.1 Å². The van der Waals surface area contributed by atoms with E-state index < -0.39 is 83.9 Å². The standard InChI is InChI=1S/C40H51N7O11/c1-25(2)35(46-37(54)30(18-21-34(51)52)44-31(48)13-7-4-8-23-47-32(49)19-20-33(47)50)38(55)45-29(12-9-22-42-40(41)57)36(53)43-28-16-14-26(15-17-28)24-58-39(56)27-10-5-3-6-11-27/h3,5-6,10-11,14-17,19-20,25,29-30,35H,4,7-9,12-13,18,21-24H2,1-2H3,(H,43,53)(H,44,48)(H,45,55)(H,46,54)(H,51,52)(H3,41,42,57)/t29-,30-,35-/m0/s1. The van der Waals surface area contributed by atoms with E-state index in [0.717, 1.165) is 4.90 Å². The number of primary amides is 1. The van der Waals surface area contributed by atoms with Crippen molar-refractivity contribution in [3.8, 4) is 0 Å². The van der Waals surface area contributed by atoms with Crippen LogP contribution in [-0.2, 0) is 44.9 Å². The molecule has 0 aliphatic carbocycles. The number of imide groups is 1. The van der Waals surface area contributed by atoms with Crippen molar-refractivity contribution in [2.75, 3.05) is 18.4 Å². The molecule has 3 rings (SSSR count). The van der Waals surface area contributed by atoms with E-state index in [-0.39, 0.29) is 45.4 Å². The number of benzene rings is 2. The lowest BCUT2D eigenvalue weighted by Crippen LogP contribution is -2.57. The van der Waals surface area contributed by atoms with Crippen LogP contribution in [-0.4, -0.2) is 94.6 Å². The van der Waals surface area contributed by atoms with E-state index in [0.29, 0.717) is 36.1 Å². The number of hydrogen-bond donors (Lipinski definition) is 7. The Kier molecular flexibility index (Phi) is 18.5. The Morgan fingerprint density at radius 1 is 0.741 bits per heavy atom. The maximum atomic E-state index is 13.7. The average molecular weight is 806 g/mol. The largest absolute Gasteiger partial charge is 0.481 e. The van der Waals surface area contributed by atoms with Crippen molar-refractivity contribution in [1.29, 1.82) is 0 Å². The number of hydrogen-bond acceptors (Lipinski definition) is 10. The van der Waals surface area contributed by atoms with Crippen LogP contribution in [0.25, 0.3) is 0 Å². The summed E-state index contributed by atoms with van der Waals surface area (Å²) < 4.78 is 5.35. The summed E-state index contributed by atoms with van der Waals surface area (Å²) in [6, 6.07) is 10.6. The van der Waals surface area contributed by atoms with Gasteiger partial charge in [-0.05, 0) is 67.9 Å². The SMILES string of the molecule is CC(C)[C@H](NC(=O)[C@H](CCC(=O)O)NC(=O)CCCCCN1C(=O)C=CC1=O)C(=O)N[C@@H](CCCNC(N)=O)C(=O)Nc1ccc(COC(=O)c2ccccc2)cc1. The van der Waals surface area contributed by atoms with Crippen molar-refractivity contribution >= 4 is 59.1 Å². The number of unbranched alkanes of at least 4 members (excludes halogenated alkanes) is 2. The first kappa shape index (κ1) is 45.8. The monoisotopic (exact) mass is 805 g/mol. The van der Waals surface area contributed by atoms with Gasteiger partial charge in [0.1, 0.15) is 24.7 Å². The lowest BCUT2D eigenvalue weighted by Gasteiger charge is -2.27. The Morgan fingerprint density at radius 3 is 2.02 bits per heavy atom. The van der Waals surface area contributed by atoms with Gasteiger partial charge in [-0.3, -0.25) is 38.5 Å². The molecule has 18 heteroatoms. The van der Waals surface area contributed by atoms with Gasteiger partial charge in [0, 0.05) is 43.8 Å². The van der Waals surface area contributed by atoms with Crippen molar-refractivity contribution in [3.63, 3.8) is 0 Å². The predicted octanol–water partition coefficient (Wildman–Crippen LogP) is 1.89. The summed E-state index contributed by atoms with van der Waals surface area (Å²) in [6.45, 7) is 3.60. The molecule has 1 aliphatic rings. The molecule has 2 aromatic carbocycles. The van der Waals surface area contributed by atoms with Gasteiger partial charge in [-0.15, -0.1) is 0 Å². The molecule has 0 saturated heterocycles. The first-order chi connectivity index (χ1) is 27.6. The minimum atomic E-state index is -1.30. The van der Waals surface area contributed by atoms with Gasteiger partial charge in [0.15, 0.2) is 0 Å². The van der Waals surface area contributed by atoms with Crippen LogP contribution in [0.3, 0.4) is 0 Å². The van der Waals surface area contributed by atoms with Gasteiger partial charge in [0.05, 0.1) is 5.56 Å². The molecule has 0 unspecified atom stereocenters. The number of nitrogens with one attached hydrogen (secondary N) is 5. The molecule has 1 aliphatic heterocycles. The molecular weight excluding hydrogens is 754 g/mol. The average Bonchev–Trinajstić information content (AvgIpc) is 3.51. The normalized spacial score (nSPS) is 13.6. The third-order valence-electron chi connectivity index (χ3n) is 8.93. The van der Waals surface area contributed by atoms with Crippen LogP contribution in [0, 0.1) is 5.92 Å². The van der Waals surface area contributed by atoms with Gasteiger partial charge in [-0.2, -0.15) is 0 Å². The summed E-state index contributed by atoms with van der Waals surface area (Å²) in [5, 5.41) is 22.3. The third kappa shape index (κ3) is 15.9. The molecule has 8 amide bonds. The zero-order valence-electron chi connectivity index (χ0n) is 32.5. The fourth-order valence-corrected chi connectivity index (χ4v) is 5.74. The maximum Gasteiger partial charge on any atom is 0.338 e. The molecule has 0 bridgehead atoms. The van der Waals surface area contributed by atoms with Gasteiger partial charge in [0.25, 0.3) is 11.8 Å². The summed E-state index contributed by atoms with van der Waals surface area (Å²) in [5.41, 5.74) is 6.59. The molecule has 2 aromatic rings. The van der Waals surface area contributed by atoms with Crippen LogP contribution in [0.4, 0.5) is 10.5 Å². The van der Waals surface area contributed by atoms with Crippen molar-refractivity contribution < 1.29 is 53.0 Å². The molecule has 312 valence electrons. The highest BCUT2D eigenvalue weighted by Crippen LogP contribution is 2.14. The fraction of sp³-hybridized carbons (Fsp3) is 0.425. The number of urea groups is 1. The smallest absolute Gasteiger partial charge is 0.338 e. The Bertz CT molecular complexity index is 1800. The Morgan fingerprint density at radius 2 is 1.40 bits per heavy atom. The second-order valence-electron chi connectivity index (χ2n) is 13.9. The molecule has 3 atom stereocenters. The minimum absolute atomic E-state index is 0.0119. The van der Waals surface area contributed by atoms with E-state index in [1.807, 2.05) is 0 Å². The molecule has 0 saturated carbocycles. The van der Waals surface area contributed by atoms with Gasteiger partial charge in [-0.1, -0.05) is 50.6 Å². The Labute approximate surface area is 335 Å². The van der Waals surface area contributed by atoms with Crippen LogP contribution in [0.2, 0.25) is 0 Å². The molecule has 8 N–H and O–H groups in total. The number of anilines is 1. The number of nitrogens with zero attached hydrogens (tertiary/aromatic N) is 1. The van der Waals surface area contributed by atoms with Gasteiger partial charge in [-0.25, -0.2) is 9.59 Å². The number of ether oxygens (including phenoxy) is 1. The molecule has 1 heterocycles. The van der Waals surface area contributed by atoms with Crippen LogP contribution < -0.4 is 32.3 Å². The number of nitrogens with two attached hydrogens (primary N) is 1. The lowest BCUT2D eigenvalue weighted by molar-refractivity contribution is -0.139. The summed E-state index contributed by atoms with van der Waals surface area (Å²) in [5.74, 6) is -5.68. The molecular formula is C40H51N7O11. The highest BCUT2D eigenvalue weighted by atomic mass is 16.5. The van der Waals surface area contributed by atoms with Crippen molar-refractivity contribution in [3.05, 3.63) is 77.9 Å². The number of carboxylic acid groups (broad SMARTS) is 1. The summed E-state index contributed by atoms with van der Waals surface area (Å²) in [7, 11) is 0. The predicted molar refractivity (Wildman–Crippen MR) is 209 cm³/mol. The van der Waals surface area contributed by atoms with E-state index in [9.17, 15) is 48.3 Å². The van der Waals surface area contributed by atoms with E-state index >= 15 is 0 Å². The first-order valence-corrected chi connectivity index (χ1v) is 18.9. The van der Waals surface area contributed by atoms with Crippen molar-refractivity contribution in [2.45, 2.75) is 89.9 Å². The van der Waals surface area contributed by atoms with E-state index in [4.69, 9.17) is 10.5 Å². The van der Waals surface area contributed by atoms with Gasteiger partial charge >= 0.3 is 18.0 Å². The number of carbonyl (C=O) groups excluding carboxylic acids is 8. The summed E-state index contributed by atoms with van der Waals surface area (Å²) >= 11 is 0. The Balaban J connectivity index is 1.61. The number of rotatable bonds is 24. The highest BCUT2D eigenvalue weighted by Gasteiger charge is 2.32. The first-order valence-electron chi connectivity index (χ1n) is 18.9. The molecule has 0 aromatic heterocycles. The second-order valence-corrected chi connectivity index (χ2v) is 13.9. The third-order valence-corrected chi connectivity index (χ3v) is 8.93. The summed E-state index contributed by atoms with van der Waals surface area (Å²) in [6.07, 6.45) is 3.26. The van der Waals surface area contributed by atoms with Crippen molar-refractivity contribution in [1.82, 2.24) is 26.2 Å². The van der Waals surface area contributed by atoms with Crippen LogP contribution >= 0.6 is 0 Å². The van der Waals surface area contributed by atoms with E-state index in [1.165, 1.54) is 12.2 Å². The van der Waals surface area contributed by atoms with Crippen LogP contribution in [0.15, 0.2) is 66.7 Å². The molecule has 0 radical (unpaired) electrons. The number of esters is 1. The molecule has 0 spiro atoms. The second kappa shape index (κ2) is 23.5. The molecule has 18 nitrogen and oxygen atoms in total. The zero-order valence-corrected chi connectivity index (χ0v) is 32.5. The number of aliphatic carboxylic acids is 1. The maximum absolute atomic E-state index is 13.7. The number of carboxylic acids is 1. The van der Waals surface area contributed by atoms with E-state index in [1.54, 1.807) is 68.4 Å². The van der Waals surface area contributed by atoms with Gasteiger partial charge in [0.2, 0.25) is 23.6 Å². The topological polar surface area (TPSA) is 272 Å². The molecule has 58 heavy (non-hydrogen) atoms. The quantitative estimate of drug-likeness (QED) is 0.0457. The van der Waals surface area contributed by atoms with Crippen LogP contribution in [0.5, 0.6) is 0 Å². The van der Waals surface area contributed by atoms with Gasteiger partial charge < -0.3 is 42.2 Å². The fourth-order valence-electron chi connectivity index (χ4n) is 5.74. The lowest BCUT2D eigenvalue weighted by atomic mass is 10.0. The Hall–Kier alpha value is -6.59. The molecule has 0 fully saturated rings. The zero-order chi connectivity index (χ0) is 42.6. The number of carbonyl (C=O) groups is 9.